The SMILES string of the molecule is CC(c1ccccc1)N(C)C(=O)c1cc(C=O)ccc1OCc1ccccc1. The van der Waals surface area contributed by atoms with Crippen molar-refractivity contribution < 1.29 is 14.3 Å². The van der Waals surface area contributed by atoms with E-state index in [1.54, 1.807) is 30.1 Å². The minimum atomic E-state index is -0.192. The molecule has 3 rings (SSSR count). The Hall–Kier alpha value is -3.40. The molecule has 4 heteroatoms. The van der Waals surface area contributed by atoms with Crippen LogP contribution in [0.3, 0.4) is 0 Å². The summed E-state index contributed by atoms with van der Waals surface area (Å²) < 4.78 is 5.92. The van der Waals surface area contributed by atoms with Gasteiger partial charge in [-0.15, -0.1) is 0 Å². The van der Waals surface area contributed by atoms with Gasteiger partial charge in [-0.1, -0.05) is 60.7 Å². The molecule has 3 aromatic rings. The number of hydrogen-bond donors (Lipinski definition) is 0. The van der Waals surface area contributed by atoms with Crippen molar-refractivity contribution in [3.8, 4) is 5.75 Å². The van der Waals surface area contributed by atoms with Crippen LogP contribution in [-0.2, 0) is 6.61 Å². The molecule has 0 fully saturated rings. The van der Waals surface area contributed by atoms with Gasteiger partial charge in [0, 0.05) is 12.6 Å². The Morgan fingerprint density at radius 2 is 1.64 bits per heavy atom. The van der Waals surface area contributed by atoms with Crippen molar-refractivity contribution in [2.45, 2.75) is 19.6 Å². The van der Waals surface area contributed by atoms with E-state index in [1.165, 1.54) is 0 Å². The largest absolute Gasteiger partial charge is 0.488 e. The summed E-state index contributed by atoms with van der Waals surface area (Å²) in [7, 11) is 1.76. The zero-order valence-electron chi connectivity index (χ0n) is 16.0. The molecule has 3 aromatic carbocycles. The van der Waals surface area contributed by atoms with Crippen LogP contribution in [-0.4, -0.2) is 24.1 Å². The molecule has 4 nitrogen and oxygen atoms in total. The molecule has 0 bridgehead atoms. The molecule has 0 saturated heterocycles. The van der Waals surface area contributed by atoms with Crippen LogP contribution in [0.15, 0.2) is 78.9 Å². The van der Waals surface area contributed by atoms with E-state index < -0.39 is 0 Å². The van der Waals surface area contributed by atoms with E-state index >= 15 is 0 Å². The van der Waals surface area contributed by atoms with Gasteiger partial charge < -0.3 is 9.64 Å². The highest BCUT2D eigenvalue weighted by molar-refractivity contribution is 5.98. The first-order chi connectivity index (χ1) is 13.6. The van der Waals surface area contributed by atoms with Crippen molar-refractivity contribution in [3.05, 3.63) is 101 Å². The Morgan fingerprint density at radius 3 is 2.29 bits per heavy atom. The Kier molecular flexibility index (Phi) is 6.22. The molecule has 0 radical (unpaired) electrons. The lowest BCUT2D eigenvalue weighted by molar-refractivity contribution is 0.0737. The van der Waals surface area contributed by atoms with Crippen LogP contribution < -0.4 is 4.74 Å². The first-order valence-electron chi connectivity index (χ1n) is 9.18. The lowest BCUT2D eigenvalue weighted by Crippen LogP contribution is -2.30. The van der Waals surface area contributed by atoms with Crippen LogP contribution in [0.4, 0.5) is 0 Å². The van der Waals surface area contributed by atoms with E-state index in [9.17, 15) is 9.59 Å². The number of aldehydes is 1. The van der Waals surface area contributed by atoms with Gasteiger partial charge in [0.2, 0.25) is 0 Å². The van der Waals surface area contributed by atoms with E-state index in [4.69, 9.17) is 4.74 Å². The third kappa shape index (κ3) is 4.46. The quantitative estimate of drug-likeness (QED) is 0.553. The molecule has 142 valence electrons. The molecule has 0 spiro atoms. The van der Waals surface area contributed by atoms with Crippen LogP contribution >= 0.6 is 0 Å². The molecular weight excluding hydrogens is 350 g/mol. The standard InChI is InChI=1S/C24H23NO3/c1-18(21-11-7-4-8-12-21)25(2)24(27)22-15-20(16-26)13-14-23(22)28-17-19-9-5-3-6-10-19/h3-16,18H,17H2,1-2H3. The van der Waals surface area contributed by atoms with Crippen LogP contribution in [0.1, 0.15) is 44.8 Å². The van der Waals surface area contributed by atoms with Crippen molar-refractivity contribution >= 4 is 12.2 Å². The highest BCUT2D eigenvalue weighted by Crippen LogP contribution is 2.26. The monoisotopic (exact) mass is 373 g/mol. The number of hydrogen-bond acceptors (Lipinski definition) is 3. The zero-order chi connectivity index (χ0) is 19.9. The van der Waals surface area contributed by atoms with Crippen molar-refractivity contribution in [1.29, 1.82) is 0 Å². The Morgan fingerprint density at radius 1 is 1.00 bits per heavy atom. The summed E-state index contributed by atoms with van der Waals surface area (Å²) in [4.78, 5) is 26.1. The summed E-state index contributed by atoms with van der Waals surface area (Å²) in [5.74, 6) is 0.273. The molecule has 0 aliphatic rings. The molecule has 1 unspecified atom stereocenters. The summed E-state index contributed by atoms with van der Waals surface area (Å²) >= 11 is 0. The highest BCUT2D eigenvalue weighted by atomic mass is 16.5. The normalized spacial score (nSPS) is 11.5. The second kappa shape index (κ2) is 9.00. The maximum absolute atomic E-state index is 13.2. The number of amides is 1. The van der Waals surface area contributed by atoms with Crippen molar-refractivity contribution in [3.63, 3.8) is 0 Å². The fourth-order valence-corrected chi connectivity index (χ4v) is 2.97. The van der Waals surface area contributed by atoms with E-state index in [-0.39, 0.29) is 11.9 Å². The van der Waals surface area contributed by atoms with Gasteiger partial charge in [-0.3, -0.25) is 9.59 Å². The number of carbonyl (C=O) groups excluding carboxylic acids is 2. The average molecular weight is 373 g/mol. The van der Waals surface area contributed by atoms with Gasteiger partial charge in [-0.05, 0) is 36.2 Å². The maximum Gasteiger partial charge on any atom is 0.257 e. The van der Waals surface area contributed by atoms with E-state index in [2.05, 4.69) is 0 Å². The van der Waals surface area contributed by atoms with Crippen LogP contribution in [0, 0.1) is 0 Å². The number of carbonyl (C=O) groups is 2. The second-order valence-corrected chi connectivity index (χ2v) is 6.65. The minimum Gasteiger partial charge on any atom is -0.488 e. The summed E-state index contributed by atoms with van der Waals surface area (Å²) in [6, 6.07) is 24.4. The minimum absolute atomic E-state index is 0.115. The first-order valence-corrected chi connectivity index (χ1v) is 9.18. The number of rotatable bonds is 7. The van der Waals surface area contributed by atoms with E-state index in [1.807, 2.05) is 67.6 Å². The van der Waals surface area contributed by atoms with Crippen LogP contribution in [0.5, 0.6) is 5.75 Å². The molecule has 1 atom stereocenters. The van der Waals surface area contributed by atoms with Crippen molar-refractivity contribution in [1.82, 2.24) is 4.90 Å². The van der Waals surface area contributed by atoms with Gasteiger partial charge in [0.15, 0.2) is 0 Å². The summed E-state index contributed by atoms with van der Waals surface area (Å²) in [6.07, 6.45) is 0.735. The number of ether oxygens (including phenoxy) is 1. The maximum atomic E-state index is 13.2. The van der Waals surface area contributed by atoms with Crippen molar-refractivity contribution in [2.75, 3.05) is 7.05 Å². The fourth-order valence-electron chi connectivity index (χ4n) is 2.97. The van der Waals surface area contributed by atoms with Gasteiger partial charge in [-0.2, -0.15) is 0 Å². The fraction of sp³-hybridized carbons (Fsp3) is 0.167. The molecule has 0 aliphatic heterocycles. The number of benzene rings is 3. The summed E-state index contributed by atoms with van der Waals surface area (Å²) in [5.41, 5.74) is 2.87. The molecule has 1 amide bonds. The summed E-state index contributed by atoms with van der Waals surface area (Å²) in [6.45, 7) is 2.32. The zero-order valence-corrected chi connectivity index (χ0v) is 16.0. The Labute approximate surface area is 165 Å². The van der Waals surface area contributed by atoms with Gasteiger partial charge in [0.1, 0.15) is 18.6 Å². The molecule has 0 saturated carbocycles. The van der Waals surface area contributed by atoms with Gasteiger partial charge >= 0.3 is 0 Å². The van der Waals surface area contributed by atoms with Crippen LogP contribution in [0.25, 0.3) is 0 Å². The smallest absolute Gasteiger partial charge is 0.257 e. The molecule has 0 heterocycles. The molecule has 0 N–H and O–H groups in total. The van der Waals surface area contributed by atoms with Gasteiger partial charge in [0.25, 0.3) is 5.91 Å². The number of nitrogens with zero attached hydrogens (tertiary/aromatic N) is 1. The molecule has 28 heavy (non-hydrogen) atoms. The average Bonchev–Trinajstić information content (AvgIpc) is 2.77. The van der Waals surface area contributed by atoms with Gasteiger partial charge in [0.05, 0.1) is 11.6 Å². The lowest BCUT2D eigenvalue weighted by atomic mass is 10.0. The van der Waals surface area contributed by atoms with Crippen LogP contribution in [0.2, 0.25) is 0 Å². The topological polar surface area (TPSA) is 46.6 Å². The molecular formula is C24H23NO3. The Balaban J connectivity index is 1.85. The first kappa shape index (κ1) is 19.4. The van der Waals surface area contributed by atoms with Crippen molar-refractivity contribution in [2.24, 2.45) is 0 Å². The predicted octanol–water partition coefficient (Wildman–Crippen LogP) is 4.91. The third-order valence-corrected chi connectivity index (χ3v) is 4.79. The van der Waals surface area contributed by atoms with E-state index in [0.717, 1.165) is 17.4 Å². The van der Waals surface area contributed by atoms with E-state index in [0.29, 0.717) is 23.5 Å². The predicted molar refractivity (Wildman–Crippen MR) is 110 cm³/mol. The molecule has 0 aromatic heterocycles. The third-order valence-electron chi connectivity index (χ3n) is 4.79. The second-order valence-electron chi connectivity index (χ2n) is 6.65. The summed E-state index contributed by atoms with van der Waals surface area (Å²) in [5, 5.41) is 0. The molecule has 0 aliphatic carbocycles. The Bertz CT molecular complexity index is 939. The lowest BCUT2D eigenvalue weighted by Gasteiger charge is -2.26. The van der Waals surface area contributed by atoms with Gasteiger partial charge in [-0.25, -0.2) is 0 Å². The highest BCUT2D eigenvalue weighted by Gasteiger charge is 2.22.